The number of phenolic OH excluding ortho intramolecular Hbond substituents is 1. The van der Waals surface area contributed by atoms with Crippen LogP contribution in [0.15, 0.2) is 36.4 Å². The molecule has 2 aromatic carbocycles. The van der Waals surface area contributed by atoms with Gasteiger partial charge in [0.2, 0.25) is 0 Å². The fourth-order valence-corrected chi connectivity index (χ4v) is 1.85. The van der Waals surface area contributed by atoms with Crippen molar-refractivity contribution in [1.29, 1.82) is 5.26 Å². The molecule has 0 amide bonds. The summed E-state index contributed by atoms with van der Waals surface area (Å²) in [5.74, 6) is 0.239. The SMILES string of the molecule is N#CCC(N)c1cccc2c(O)cccc12. The molecule has 0 aliphatic carbocycles. The smallest absolute Gasteiger partial charge is 0.123 e. The number of nitrogens with zero attached hydrogens (tertiary/aromatic N) is 1. The minimum Gasteiger partial charge on any atom is -0.507 e. The maximum Gasteiger partial charge on any atom is 0.123 e. The first kappa shape index (κ1) is 10.5. The Labute approximate surface area is 93.7 Å². The number of fused-ring (bicyclic) bond motifs is 1. The second kappa shape index (κ2) is 4.21. The van der Waals surface area contributed by atoms with Crippen molar-refractivity contribution < 1.29 is 5.11 Å². The van der Waals surface area contributed by atoms with Crippen molar-refractivity contribution in [2.24, 2.45) is 5.73 Å². The zero-order valence-electron chi connectivity index (χ0n) is 8.72. The Morgan fingerprint density at radius 3 is 2.62 bits per heavy atom. The molecule has 0 aromatic heterocycles. The lowest BCUT2D eigenvalue weighted by molar-refractivity contribution is 0.481. The van der Waals surface area contributed by atoms with Crippen LogP contribution in [0.25, 0.3) is 10.8 Å². The molecule has 16 heavy (non-hydrogen) atoms. The highest BCUT2D eigenvalue weighted by molar-refractivity contribution is 5.91. The Bertz CT molecular complexity index is 557. The van der Waals surface area contributed by atoms with E-state index in [4.69, 9.17) is 11.0 Å². The molecule has 1 atom stereocenters. The van der Waals surface area contributed by atoms with Gasteiger partial charge in [-0.3, -0.25) is 0 Å². The van der Waals surface area contributed by atoms with E-state index in [9.17, 15) is 5.11 Å². The first-order valence-corrected chi connectivity index (χ1v) is 5.07. The van der Waals surface area contributed by atoms with Gasteiger partial charge in [-0.2, -0.15) is 5.26 Å². The summed E-state index contributed by atoms with van der Waals surface area (Å²) in [5.41, 5.74) is 6.82. The molecule has 1 unspecified atom stereocenters. The van der Waals surface area contributed by atoms with E-state index in [0.717, 1.165) is 16.3 Å². The number of nitriles is 1. The molecule has 3 heteroatoms. The summed E-state index contributed by atoms with van der Waals surface area (Å²) in [5, 5.41) is 20.0. The van der Waals surface area contributed by atoms with Crippen LogP contribution < -0.4 is 5.73 Å². The molecule has 3 N–H and O–H groups in total. The Hall–Kier alpha value is -2.05. The van der Waals surface area contributed by atoms with Crippen LogP contribution in [0.1, 0.15) is 18.0 Å². The van der Waals surface area contributed by atoms with Crippen molar-refractivity contribution in [3.8, 4) is 11.8 Å². The van der Waals surface area contributed by atoms with E-state index in [0.29, 0.717) is 0 Å². The minimum atomic E-state index is -0.310. The molecule has 0 radical (unpaired) electrons. The van der Waals surface area contributed by atoms with E-state index in [-0.39, 0.29) is 18.2 Å². The fraction of sp³-hybridized carbons (Fsp3) is 0.154. The molecule has 0 fully saturated rings. The van der Waals surface area contributed by atoms with Gasteiger partial charge >= 0.3 is 0 Å². The van der Waals surface area contributed by atoms with E-state index in [1.807, 2.05) is 24.3 Å². The number of benzene rings is 2. The fourth-order valence-electron chi connectivity index (χ4n) is 1.85. The van der Waals surface area contributed by atoms with Crippen LogP contribution in [-0.4, -0.2) is 5.11 Å². The second-order valence-electron chi connectivity index (χ2n) is 3.69. The van der Waals surface area contributed by atoms with Gasteiger partial charge in [-0.25, -0.2) is 0 Å². The summed E-state index contributed by atoms with van der Waals surface area (Å²) < 4.78 is 0. The molecule has 0 saturated heterocycles. The van der Waals surface area contributed by atoms with Crippen LogP contribution in [0.4, 0.5) is 0 Å². The standard InChI is InChI=1S/C13H12N2O/c14-8-7-12(15)10-4-1-5-11-9(10)3-2-6-13(11)16/h1-6,12,16H,7,15H2. The van der Waals surface area contributed by atoms with Gasteiger partial charge in [0.15, 0.2) is 0 Å². The normalized spacial score (nSPS) is 12.2. The average Bonchev–Trinajstić information content (AvgIpc) is 2.29. The van der Waals surface area contributed by atoms with E-state index in [2.05, 4.69) is 6.07 Å². The predicted molar refractivity (Wildman–Crippen MR) is 62.8 cm³/mol. The lowest BCUT2D eigenvalue weighted by Crippen LogP contribution is -2.09. The largest absolute Gasteiger partial charge is 0.507 e. The Kier molecular flexibility index (Phi) is 2.76. The van der Waals surface area contributed by atoms with Crippen molar-refractivity contribution in [2.45, 2.75) is 12.5 Å². The van der Waals surface area contributed by atoms with Gasteiger partial charge in [-0.15, -0.1) is 0 Å². The van der Waals surface area contributed by atoms with Crippen molar-refractivity contribution in [1.82, 2.24) is 0 Å². The molecule has 0 spiro atoms. The van der Waals surface area contributed by atoms with Gasteiger partial charge in [0.25, 0.3) is 0 Å². The van der Waals surface area contributed by atoms with Crippen LogP contribution >= 0.6 is 0 Å². The van der Waals surface area contributed by atoms with Crippen molar-refractivity contribution >= 4 is 10.8 Å². The first-order valence-electron chi connectivity index (χ1n) is 5.07. The summed E-state index contributed by atoms with van der Waals surface area (Å²) in [4.78, 5) is 0. The lowest BCUT2D eigenvalue weighted by atomic mass is 9.97. The van der Waals surface area contributed by atoms with Crippen LogP contribution in [0, 0.1) is 11.3 Å². The lowest BCUT2D eigenvalue weighted by Gasteiger charge is -2.12. The summed E-state index contributed by atoms with van der Waals surface area (Å²) >= 11 is 0. The van der Waals surface area contributed by atoms with Crippen LogP contribution in [0.2, 0.25) is 0 Å². The van der Waals surface area contributed by atoms with Crippen molar-refractivity contribution in [3.05, 3.63) is 42.0 Å². The highest BCUT2D eigenvalue weighted by atomic mass is 16.3. The molecular weight excluding hydrogens is 200 g/mol. The quantitative estimate of drug-likeness (QED) is 0.803. The van der Waals surface area contributed by atoms with E-state index in [1.54, 1.807) is 12.1 Å². The molecule has 2 rings (SSSR count). The molecule has 3 nitrogen and oxygen atoms in total. The Balaban J connectivity index is 2.63. The predicted octanol–water partition coefficient (Wildman–Crippen LogP) is 2.46. The summed E-state index contributed by atoms with van der Waals surface area (Å²) in [6.45, 7) is 0. The van der Waals surface area contributed by atoms with Gasteiger partial charge in [0.1, 0.15) is 5.75 Å². The van der Waals surface area contributed by atoms with Gasteiger partial charge in [0, 0.05) is 11.4 Å². The molecular formula is C13H12N2O. The minimum absolute atomic E-state index is 0.239. The molecule has 80 valence electrons. The highest BCUT2D eigenvalue weighted by Gasteiger charge is 2.10. The third kappa shape index (κ3) is 1.71. The van der Waals surface area contributed by atoms with Crippen molar-refractivity contribution in [3.63, 3.8) is 0 Å². The Morgan fingerprint density at radius 1 is 1.19 bits per heavy atom. The third-order valence-corrected chi connectivity index (χ3v) is 2.64. The van der Waals surface area contributed by atoms with Crippen LogP contribution in [0.5, 0.6) is 5.75 Å². The molecule has 2 aromatic rings. The number of nitrogens with two attached hydrogens (primary N) is 1. The van der Waals surface area contributed by atoms with E-state index in [1.165, 1.54) is 0 Å². The average molecular weight is 212 g/mol. The van der Waals surface area contributed by atoms with Gasteiger partial charge in [-0.1, -0.05) is 30.3 Å². The highest BCUT2D eigenvalue weighted by Crippen LogP contribution is 2.29. The number of phenols is 1. The topological polar surface area (TPSA) is 70.0 Å². The zero-order chi connectivity index (χ0) is 11.5. The first-order chi connectivity index (χ1) is 7.74. The summed E-state index contributed by atoms with van der Waals surface area (Å²) in [6.07, 6.45) is 0.273. The molecule has 0 aliphatic rings. The van der Waals surface area contributed by atoms with Crippen LogP contribution in [-0.2, 0) is 0 Å². The number of hydrogen-bond donors (Lipinski definition) is 2. The Morgan fingerprint density at radius 2 is 1.88 bits per heavy atom. The van der Waals surface area contributed by atoms with Crippen molar-refractivity contribution in [2.75, 3.05) is 0 Å². The van der Waals surface area contributed by atoms with Gasteiger partial charge < -0.3 is 10.8 Å². The molecule has 0 bridgehead atoms. The second-order valence-corrected chi connectivity index (χ2v) is 3.69. The van der Waals surface area contributed by atoms with Crippen LogP contribution in [0.3, 0.4) is 0 Å². The monoisotopic (exact) mass is 212 g/mol. The summed E-state index contributed by atoms with van der Waals surface area (Å²) in [6, 6.07) is 12.6. The van der Waals surface area contributed by atoms with Gasteiger partial charge in [0.05, 0.1) is 12.5 Å². The maximum absolute atomic E-state index is 9.70. The molecule has 0 saturated carbocycles. The maximum atomic E-state index is 9.70. The molecule has 0 aliphatic heterocycles. The van der Waals surface area contributed by atoms with E-state index < -0.39 is 0 Å². The van der Waals surface area contributed by atoms with Gasteiger partial charge in [-0.05, 0) is 17.0 Å². The molecule has 0 heterocycles. The zero-order valence-corrected chi connectivity index (χ0v) is 8.72. The number of rotatable bonds is 2. The summed E-state index contributed by atoms with van der Waals surface area (Å²) in [7, 11) is 0. The third-order valence-electron chi connectivity index (χ3n) is 2.64. The van der Waals surface area contributed by atoms with E-state index >= 15 is 0 Å². The number of aromatic hydroxyl groups is 1. The number of hydrogen-bond acceptors (Lipinski definition) is 3.